The van der Waals surface area contributed by atoms with Crippen molar-refractivity contribution >= 4 is 15.9 Å². The van der Waals surface area contributed by atoms with Crippen LogP contribution in [0.25, 0.3) is 0 Å². The van der Waals surface area contributed by atoms with Gasteiger partial charge in [-0.05, 0) is 31.0 Å². The summed E-state index contributed by atoms with van der Waals surface area (Å²) < 4.78 is 37.7. The van der Waals surface area contributed by atoms with Crippen LogP contribution in [0.4, 0.5) is 13.2 Å². The summed E-state index contributed by atoms with van der Waals surface area (Å²) in [6.45, 7) is 2.22. The first-order valence-electron chi connectivity index (χ1n) is 5.07. The summed E-state index contributed by atoms with van der Waals surface area (Å²) in [7, 11) is 0. The minimum Gasteiger partial charge on any atom is -0.508 e. The lowest BCUT2D eigenvalue weighted by Gasteiger charge is -2.17. The minimum atomic E-state index is -4.46. The largest absolute Gasteiger partial charge is 0.508 e. The average molecular weight is 312 g/mol. The smallest absolute Gasteiger partial charge is 0.416 e. The SMILES string of the molecule is CC(CCN)c1c(O)cc(C(F)(F)F)cc1Br. The number of nitrogens with two attached hydrogens (primary N) is 1. The van der Waals surface area contributed by atoms with Crippen molar-refractivity contribution in [1.82, 2.24) is 0 Å². The Kier molecular flexibility index (Phi) is 4.43. The second-order valence-corrected chi connectivity index (χ2v) is 4.72. The molecule has 0 amide bonds. The fourth-order valence-corrected chi connectivity index (χ4v) is 2.49. The molecule has 0 aliphatic heterocycles. The number of hydrogen-bond acceptors (Lipinski definition) is 2. The molecule has 0 radical (unpaired) electrons. The first-order valence-corrected chi connectivity index (χ1v) is 5.86. The van der Waals surface area contributed by atoms with Gasteiger partial charge in [-0.15, -0.1) is 0 Å². The van der Waals surface area contributed by atoms with Crippen LogP contribution in [-0.2, 0) is 6.18 Å². The molecule has 0 saturated carbocycles. The Balaban J connectivity index is 3.20. The third-order valence-corrected chi connectivity index (χ3v) is 3.18. The Morgan fingerprint density at radius 3 is 2.41 bits per heavy atom. The molecule has 1 unspecified atom stereocenters. The lowest BCUT2D eigenvalue weighted by atomic mass is 9.95. The Hall–Kier alpha value is -0.750. The van der Waals surface area contributed by atoms with E-state index in [-0.39, 0.29) is 16.1 Å². The fraction of sp³-hybridized carbons (Fsp3) is 0.455. The van der Waals surface area contributed by atoms with Crippen molar-refractivity contribution in [2.45, 2.75) is 25.4 Å². The lowest BCUT2D eigenvalue weighted by Crippen LogP contribution is -2.08. The van der Waals surface area contributed by atoms with E-state index in [1.165, 1.54) is 0 Å². The molecule has 1 atom stereocenters. The zero-order valence-corrected chi connectivity index (χ0v) is 10.8. The van der Waals surface area contributed by atoms with E-state index in [0.29, 0.717) is 18.5 Å². The number of hydrogen-bond donors (Lipinski definition) is 2. The molecule has 0 spiro atoms. The third-order valence-electron chi connectivity index (χ3n) is 2.53. The highest BCUT2D eigenvalue weighted by Gasteiger charge is 2.32. The summed E-state index contributed by atoms with van der Waals surface area (Å²) in [5.74, 6) is -0.454. The van der Waals surface area contributed by atoms with Gasteiger partial charge in [-0.2, -0.15) is 13.2 Å². The molecule has 6 heteroatoms. The molecule has 0 aliphatic carbocycles. The molecule has 3 N–H and O–H groups in total. The topological polar surface area (TPSA) is 46.2 Å². The van der Waals surface area contributed by atoms with E-state index >= 15 is 0 Å². The summed E-state index contributed by atoms with van der Waals surface area (Å²) in [5.41, 5.74) is 4.98. The number of rotatable bonds is 3. The molecule has 1 aromatic rings. The zero-order chi connectivity index (χ0) is 13.2. The summed E-state index contributed by atoms with van der Waals surface area (Å²) in [5, 5.41) is 9.66. The van der Waals surface area contributed by atoms with Gasteiger partial charge in [-0.25, -0.2) is 0 Å². The molecule has 0 heterocycles. The van der Waals surface area contributed by atoms with Crippen molar-refractivity contribution in [3.05, 3.63) is 27.7 Å². The quantitative estimate of drug-likeness (QED) is 0.895. The van der Waals surface area contributed by atoms with Gasteiger partial charge in [0, 0.05) is 10.0 Å². The van der Waals surface area contributed by atoms with E-state index < -0.39 is 11.7 Å². The maximum absolute atomic E-state index is 12.5. The monoisotopic (exact) mass is 311 g/mol. The number of benzene rings is 1. The highest BCUT2D eigenvalue weighted by Crippen LogP contribution is 2.40. The van der Waals surface area contributed by atoms with Gasteiger partial charge in [-0.1, -0.05) is 22.9 Å². The van der Waals surface area contributed by atoms with E-state index in [1.54, 1.807) is 6.92 Å². The molecule has 1 aromatic carbocycles. The van der Waals surface area contributed by atoms with Gasteiger partial charge in [0.2, 0.25) is 0 Å². The molecule has 17 heavy (non-hydrogen) atoms. The van der Waals surface area contributed by atoms with Crippen molar-refractivity contribution in [3.63, 3.8) is 0 Å². The second kappa shape index (κ2) is 5.27. The molecule has 0 aromatic heterocycles. The average Bonchev–Trinajstić information content (AvgIpc) is 2.15. The van der Waals surface area contributed by atoms with Crippen LogP contribution in [0.2, 0.25) is 0 Å². The Bertz CT molecular complexity index is 383. The molecule has 96 valence electrons. The van der Waals surface area contributed by atoms with Gasteiger partial charge >= 0.3 is 6.18 Å². The van der Waals surface area contributed by atoms with Crippen molar-refractivity contribution in [2.75, 3.05) is 6.54 Å². The van der Waals surface area contributed by atoms with Crippen LogP contribution < -0.4 is 5.73 Å². The van der Waals surface area contributed by atoms with Gasteiger partial charge in [0.15, 0.2) is 0 Å². The predicted molar refractivity (Wildman–Crippen MR) is 62.9 cm³/mol. The van der Waals surface area contributed by atoms with Crippen LogP contribution >= 0.6 is 15.9 Å². The van der Waals surface area contributed by atoms with Crippen molar-refractivity contribution in [2.24, 2.45) is 5.73 Å². The highest BCUT2D eigenvalue weighted by atomic mass is 79.9. The highest BCUT2D eigenvalue weighted by molar-refractivity contribution is 9.10. The number of alkyl halides is 3. The Morgan fingerprint density at radius 2 is 2.00 bits per heavy atom. The standard InChI is InChI=1S/C11H13BrF3NO/c1-6(2-3-16)10-8(12)4-7(5-9(10)17)11(13,14)15/h4-6,17H,2-3,16H2,1H3. The van der Waals surface area contributed by atoms with Crippen molar-refractivity contribution in [3.8, 4) is 5.75 Å². The summed E-state index contributed by atoms with van der Waals surface area (Å²) in [6, 6.07) is 1.72. The number of phenols is 1. The predicted octanol–water partition coefficient (Wildman–Crippen LogP) is 3.63. The van der Waals surface area contributed by atoms with E-state index in [9.17, 15) is 18.3 Å². The number of aromatic hydroxyl groups is 1. The first-order chi connectivity index (χ1) is 7.77. The zero-order valence-electron chi connectivity index (χ0n) is 9.18. The molecular weight excluding hydrogens is 299 g/mol. The van der Waals surface area contributed by atoms with E-state index in [4.69, 9.17) is 5.73 Å². The molecule has 1 rings (SSSR count). The van der Waals surface area contributed by atoms with Crippen LogP contribution in [0.3, 0.4) is 0 Å². The molecule has 2 nitrogen and oxygen atoms in total. The molecule has 0 bridgehead atoms. The van der Waals surface area contributed by atoms with Crippen molar-refractivity contribution in [1.29, 1.82) is 0 Å². The maximum Gasteiger partial charge on any atom is 0.416 e. The summed E-state index contributed by atoms with van der Waals surface area (Å²) in [4.78, 5) is 0. The van der Waals surface area contributed by atoms with Gasteiger partial charge in [-0.3, -0.25) is 0 Å². The van der Waals surface area contributed by atoms with Gasteiger partial charge in [0.05, 0.1) is 5.56 Å². The molecule has 0 saturated heterocycles. The summed E-state index contributed by atoms with van der Waals surface area (Å²) in [6.07, 6.45) is -3.87. The maximum atomic E-state index is 12.5. The Labute approximate surface area is 106 Å². The minimum absolute atomic E-state index is 0.100. The van der Waals surface area contributed by atoms with Crippen molar-refractivity contribution < 1.29 is 18.3 Å². The van der Waals surface area contributed by atoms with Crippen LogP contribution in [0.5, 0.6) is 5.75 Å². The van der Waals surface area contributed by atoms with Gasteiger partial charge in [0.1, 0.15) is 5.75 Å². The molecule has 0 fully saturated rings. The normalized spacial score (nSPS) is 13.8. The van der Waals surface area contributed by atoms with E-state index in [0.717, 1.165) is 12.1 Å². The molecule has 0 aliphatic rings. The van der Waals surface area contributed by atoms with Crippen LogP contribution in [0.15, 0.2) is 16.6 Å². The second-order valence-electron chi connectivity index (χ2n) is 3.87. The molecular formula is C11H13BrF3NO. The van der Waals surface area contributed by atoms with Gasteiger partial charge < -0.3 is 10.8 Å². The Morgan fingerprint density at radius 1 is 1.41 bits per heavy atom. The van der Waals surface area contributed by atoms with Gasteiger partial charge in [0.25, 0.3) is 0 Å². The lowest BCUT2D eigenvalue weighted by molar-refractivity contribution is -0.137. The number of phenolic OH excluding ortho intramolecular Hbond substituents is 1. The van der Waals surface area contributed by atoms with Crippen LogP contribution in [0, 0.1) is 0 Å². The third kappa shape index (κ3) is 3.35. The number of halogens is 4. The first kappa shape index (κ1) is 14.3. The summed E-state index contributed by atoms with van der Waals surface area (Å²) >= 11 is 3.06. The van der Waals surface area contributed by atoms with Crippen LogP contribution in [0.1, 0.15) is 30.4 Å². The van der Waals surface area contributed by atoms with E-state index in [2.05, 4.69) is 15.9 Å². The van der Waals surface area contributed by atoms with E-state index in [1.807, 2.05) is 0 Å². The van der Waals surface area contributed by atoms with Crippen LogP contribution in [-0.4, -0.2) is 11.7 Å². The fourth-order valence-electron chi connectivity index (χ4n) is 1.65.